The van der Waals surface area contributed by atoms with Gasteiger partial charge in [-0.2, -0.15) is 0 Å². The highest BCUT2D eigenvalue weighted by molar-refractivity contribution is 7.80. The summed E-state index contributed by atoms with van der Waals surface area (Å²) < 4.78 is 6.74. The van der Waals surface area contributed by atoms with Crippen molar-refractivity contribution in [3.63, 3.8) is 0 Å². The van der Waals surface area contributed by atoms with Gasteiger partial charge in [0, 0.05) is 16.6 Å². The van der Waals surface area contributed by atoms with E-state index >= 15 is 0 Å². The molecule has 5 nitrogen and oxygen atoms in total. The first-order valence-corrected chi connectivity index (χ1v) is 10.9. The summed E-state index contributed by atoms with van der Waals surface area (Å²) in [5.74, 6) is -0.182. The van der Waals surface area contributed by atoms with Crippen LogP contribution < -0.4 is 10.6 Å². The molecule has 0 aliphatic heterocycles. The van der Waals surface area contributed by atoms with Crippen molar-refractivity contribution in [3.05, 3.63) is 84.1 Å². The molecule has 2 N–H and O–H groups in total. The van der Waals surface area contributed by atoms with Crippen molar-refractivity contribution in [2.45, 2.75) is 6.92 Å². The van der Waals surface area contributed by atoms with Crippen molar-refractivity contribution >= 4 is 61.4 Å². The Morgan fingerprint density at radius 1 is 1.03 bits per heavy atom. The van der Waals surface area contributed by atoms with Crippen molar-refractivity contribution in [1.29, 1.82) is 0 Å². The van der Waals surface area contributed by atoms with Gasteiger partial charge in [0.2, 0.25) is 0 Å². The third kappa shape index (κ3) is 3.93. The molecule has 0 bridgehead atoms. The molecule has 2 aromatic heterocycles. The second kappa shape index (κ2) is 7.94. The van der Waals surface area contributed by atoms with Crippen LogP contribution in [-0.2, 0) is 0 Å². The lowest BCUT2D eigenvalue weighted by Gasteiger charge is -2.12. The highest BCUT2D eigenvalue weighted by Gasteiger charge is 2.15. The molecule has 2 heterocycles. The summed E-state index contributed by atoms with van der Waals surface area (Å²) in [5, 5.41) is 7.81. The minimum absolute atomic E-state index is 0.204. The smallest absolute Gasteiger partial charge is 0.293 e. The quantitative estimate of drug-likeness (QED) is 0.328. The van der Waals surface area contributed by atoms with Gasteiger partial charge in [-0.05, 0) is 55.0 Å². The van der Waals surface area contributed by atoms with E-state index in [9.17, 15) is 4.79 Å². The Morgan fingerprint density at radius 2 is 1.84 bits per heavy atom. The number of benzene rings is 3. The van der Waals surface area contributed by atoms with Crippen LogP contribution in [0.1, 0.15) is 16.1 Å². The number of carbonyl (C=O) groups is 1. The first kappa shape index (κ1) is 19.4. The Kier molecular flexibility index (Phi) is 4.97. The predicted molar refractivity (Wildman–Crippen MR) is 130 cm³/mol. The van der Waals surface area contributed by atoms with Gasteiger partial charge in [0.25, 0.3) is 5.91 Å². The number of thiazole rings is 1. The molecule has 1 amide bonds. The molecule has 0 fully saturated rings. The number of thiocarbonyl (C=S) groups is 1. The fourth-order valence-electron chi connectivity index (χ4n) is 3.30. The molecule has 3 aromatic carbocycles. The van der Waals surface area contributed by atoms with Crippen LogP contribution >= 0.6 is 23.6 Å². The van der Waals surface area contributed by atoms with E-state index in [1.807, 2.05) is 67.6 Å². The zero-order valence-corrected chi connectivity index (χ0v) is 18.1. The van der Waals surface area contributed by atoms with Crippen LogP contribution in [0.3, 0.4) is 0 Å². The molecule has 5 rings (SSSR count). The maximum absolute atomic E-state index is 12.5. The number of rotatable bonds is 3. The van der Waals surface area contributed by atoms with Crippen LogP contribution in [0.2, 0.25) is 0 Å². The van der Waals surface area contributed by atoms with Crippen molar-refractivity contribution in [2.24, 2.45) is 0 Å². The molecule has 0 saturated heterocycles. The van der Waals surface area contributed by atoms with Gasteiger partial charge in [-0.25, -0.2) is 4.98 Å². The standard InChI is InChI=1S/C24H17N3O2S2/c1-14-10-11-16(23-25-17-7-3-5-9-21(17)31-23)12-18(14)26-24(30)27-22(28)20-13-15-6-2-4-8-19(15)29-20/h2-13H,1H3,(H2,26,27,28,30). The highest BCUT2D eigenvalue weighted by Crippen LogP contribution is 2.32. The summed E-state index contributed by atoms with van der Waals surface area (Å²) in [5.41, 5.74) is 4.44. The number of nitrogens with one attached hydrogen (secondary N) is 2. The minimum atomic E-state index is -0.395. The third-order valence-electron chi connectivity index (χ3n) is 4.90. The number of hydrogen-bond acceptors (Lipinski definition) is 5. The topological polar surface area (TPSA) is 67.2 Å². The molecule has 0 unspecified atom stereocenters. The molecule has 0 aliphatic rings. The molecule has 0 atom stereocenters. The van der Waals surface area contributed by atoms with E-state index in [1.54, 1.807) is 17.4 Å². The van der Waals surface area contributed by atoms with E-state index in [0.29, 0.717) is 5.58 Å². The lowest BCUT2D eigenvalue weighted by molar-refractivity contribution is 0.0953. The second-order valence-electron chi connectivity index (χ2n) is 7.07. The van der Waals surface area contributed by atoms with E-state index in [4.69, 9.17) is 21.6 Å². The number of anilines is 1. The average Bonchev–Trinajstić information content (AvgIpc) is 3.39. The van der Waals surface area contributed by atoms with Crippen molar-refractivity contribution in [2.75, 3.05) is 5.32 Å². The molecule has 0 spiro atoms. The van der Waals surface area contributed by atoms with Gasteiger partial charge >= 0.3 is 0 Å². The van der Waals surface area contributed by atoms with E-state index in [1.165, 1.54) is 0 Å². The normalized spacial score (nSPS) is 11.0. The number of para-hydroxylation sites is 2. The molecule has 7 heteroatoms. The molecule has 31 heavy (non-hydrogen) atoms. The molecular weight excluding hydrogens is 426 g/mol. The lowest BCUT2D eigenvalue weighted by Crippen LogP contribution is -2.34. The van der Waals surface area contributed by atoms with Gasteiger partial charge in [0.15, 0.2) is 10.9 Å². The number of fused-ring (bicyclic) bond motifs is 2. The van der Waals surface area contributed by atoms with Crippen molar-refractivity contribution in [3.8, 4) is 10.6 Å². The van der Waals surface area contributed by atoms with Crippen LogP contribution in [0.15, 0.2) is 77.2 Å². The summed E-state index contributed by atoms with van der Waals surface area (Å²) >= 11 is 7.01. The summed E-state index contributed by atoms with van der Waals surface area (Å²) in [7, 11) is 0. The van der Waals surface area contributed by atoms with Crippen molar-refractivity contribution < 1.29 is 9.21 Å². The molecule has 152 valence electrons. The zero-order valence-electron chi connectivity index (χ0n) is 16.5. The largest absolute Gasteiger partial charge is 0.451 e. The van der Waals surface area contributed by atoms with E-state index < -0.39 is 5.91 Å². The van der Waals surface area contributed by atoms with Crippen LogP contribution in [-0.4, -0.2) is 16.0 Å². The fraction of sp³-hybridized carbons (Fsp3) is 0.0417. The van der Waals surface area contributed by atoms with Gasteiger partial charge in [-0.15, -0.1) is 11.3 Å². The van der Waals surface area contributed by atoms with Crippen LogP contribution in [0.5, 0.6) is 0 Å². The molecular formula is C24H17N3O2S2. The summed E-state index contributed by atoms with van der Waals surface area (Å²) in [6.07, 6.45) is 0. The number of hydrogen-bond donors (Lipinski definition) is 2. The minimum Gasteiger partial charge on any atom is -0.451 e. The summed E-state index contributed by atoms with van der Waals surface area (Å²) in [4.78, 5) is 17.3. The van der Waals surface area contributed by atoms with E-state index in [0.717, 1.165) is 37.4 Å². The van der Waals surface area contributed by atoms with Gasteiger partial charge in [-0.1, -0.05) is 42.5 Å². The molecule has 0 radical (unpaired) electrons. The first-order valence-electron chi connectivity index (χ1n) is 9.64. The van der Waals surface area contributed by atoms with Gasteiger partial charge in [0.05, 0.1) is 10.2 Å². The molecule has 0 aliphatic carbocycles. The fourth-order valence-corrected chi connectivity index (χ4v) is 4.46. The Bertz CT molecular complexity index is 1390. The Morgan fingerprint density at radius 3 is 2.68 bits per heavy atom. The van der Waals surface area contributed by atoms with Gasteiger partial charge < -0.3 is 9.73 Å². The molecule has 0 saturated carbocycles. The number of amides is 1. The maximum atomic E-state index is 12.5. The number of aromatic nitrogens is 1. The number of furan rings is 1. The summed E-state index contributed by atoms with van der Waals surface area (Å²) in [6.45, 7) is 1.98. The Balaban J connectivity index is 1.34. The van der Waals surface area contributed by atoms with Gasteiger partial charge in [-0.3, -0.25) is 10.1 Å². The average molecular weight is 444 g/mol. The van der Waals surface area contributed by atoms with E-state index in [-0.39, 0.29) is 10.9 Å². The number of nitrogens with zero attached hydrogens (tertiary/aromatic N) is 1. The van der Waals surface area contributed by atoms with E-state index in [2.05, 4.69) is 16.7 Å². The molecule has 5 aromatic rings. The number of carbonyl (C=O) groups excluding carboxylic acids is 1. The summed E-state index contributed by atoms with van der Waals surface area (Å²) in [6, 6.07) is 23.3. The predicted octanol–water partition coefficient (Wildman–Crippen LogP) is 6.14. The third-order valence-corrected chi connectivity index (χ3v) is 6.19. The zero-order chi connectivity index (χ0) is 21.4. The second-order valence-corrected chi connectivity index (χ2v) is 8.51. The number of aryl methyl sites for hydroxylation is 1. The van der Waals surface area contributed by atoms with Gasteiger partial charge in [0.1, 0.15) is 10.6 Å². The SMILES string of the molecule is Cc1ccc(-c2nc3ccccc3s2)cc1NC(=S)NC(=O)c1cc2ccccc2o1. The lowest BCUT2D eigenvalue weighted by atomic mass is 10.1. The monoisotopic (exact) mass is 443 g/mol. The highest BCUT2D eigenvalue weighted by atomic mass is 32.1. The Labute approximate surface area is 187 Å². The van der Waals surface area contributed by atoms with Crippen molar-refractivity contribution in [1.82, 2.24) is 10.3 Å². The van der Waals surface area contributed by atoms with Crippen LogP contribution in [0, 0.1) is 6.92 Å². The first-order chi connectivity index (χ1) is 15.1. The maximum Gasteiger partial charge on any atom is 0.293 e. The van der Waals surface area contributed by atoms with Crippen LogP contribution in [0.4, 0.5) is 5.69 Å². The van der Waals surface area contributed by atoms with Crippen LogP contribution in [0.25, 0.3) is 31.8 Å². The Hall–Kier alpha value is -3.55.